The van der Waals surface area contributed by atoms with Crippen LogP contribution in [0.25, 0.3) is 0 Å². The Hall–Kier alpha value is -0.520. The first-order valence-corrected chi connectivity index (χ1v) is 8.02. The summed E-state index contributed by atoms with van der Waals surface area (Å²) in [4.78, 5) is 13.1. The highest BCUT2D eigenvalue weighted by Gasteiger charge is 2.19. The molecule has 102 valence electrons. The fourth-order valence-electron chi connectivity index (χ4n) is 1.52. The van der Waals surface area contributed by atoms with E-state index >= 15 is 0 Å². The molecular formula is C13H21NO2S2. The van der Waals surface area contributed by atoms with Crippen LogP contribution in [-0.2, 0) is 4.79 Å². The summed E-state index contributed by atoms with van der Waals surface area (Å²) in [6, 6.07) is 4.14. The first-order chi connectivity index (χ1) is 8.54. The molecule has 0 aliphatic carbocycles. The van der Waals surface area contributed by atoms with Crippen LogP contribution in [0.1, 0.15) is 31.7 Å². The number of carbonyl (C=O) groups excluding carboxylic acids is 1. The number of carbonyl (C=O) groups is 1. The van der Waals surface area contributed by atoms with E-state index in [1.807, 2.05) is 18.4 Å². The van der Waals surface area contributed by atoms with E-state index in [1.54, 1.807) is 11.3 Å². The molecule has 1 aromatic rings. The molecule has 0 saturated carbocycles. The van der Waals surface area contributed by atoms with Crippen molar-refractivity contribution in [3.63, 3.8) is 0 Å². The highest BCUT2D eigenvalue weighted by Crippen LogP contribution is 2.25. The van der Waals surface area contributed by atoms with Crippen LogP contribution >= 0.6 is 23.1 Å². The van der Waals surface area contributed by atoms with Gasteiger partial charge < -0.3 is 10.4 Å². The maximum Gasteiger partial charge on any atom is 0.230 e. The van der Waals surface area contributed by atoms with Gasteiger partial charge in [-0.3, -0.25) is 4.79 Å². The van der Waals surface area contributed by atoms with Gasteiger partial charge in [-0.2, -0.15) is 0 Å². The molecule has 0 saturated heterocycles. The SMILES string of the molecule is CC(CO)SCC(=O)NC(c1cccs1)C(C)C. The smallest absolute Gasteiger partial charge is 0.230 e. The highest BCUT2D eigenvalue weighted by atomic mass is 32.2. The fraction of sp³-hybridized carbons (Fsp3) is 0.615. The monoisotopic (exact) mass is 287 g/mol. The van der Waals surface area contributed by atoms with Gasteiger partial charge in [0.05, 0.1) is 18.4 Å². The summed E-state index contributed by atoms with van der Waals surface area (Å²) in [7, 11) is 0. The van der Waals surface area contributed by atoms with Crippen molar-refractivity contribution in [2.45, 2.75) is 32.1 Å². The molecule has 0 aliphatic heterocycles. The van der Waals surface area contributed by atoms with E-state index in [4.69, 9.17) is 5.11 Å². The van der Waals surface area contributed by atoms with Crippen LogP contribution in [0, 0.1) is 5.92 Å². The molecule has 5 heteroatoms. The third-order valence-corrected chi connectivity index (χ3v) is 4.69. The molecule has 1 amide bonds. The summed E-state index contributed by atoms with van der Waals surface area (Å²) in [5, 5.41) is 14.1. The van der Waals surface area contributed by atoms with Crippen molar-refractivity contribution in [2.75, 3.05) is 12.4 Å². The Kier molecular flexibility index (Phi) is 6.75. The number of hydrogen-bond donors (Lipinski definition) is 2. The molecule has 18 heavy (non-hydrogen) atoms. The number of amides is 1. The van der Waals surface area contributed by atoms with Gasteiger partial charge in [-0.1, -0.05) is 26.8 Å². The molecular weight excluding hydrogens is 266 g/mol. The summed E-state index contributed by atoms with van der Waals surface area (Å²) < 4.78 is 0. The van der Waals surface area contributed by atoms with E-state index < -0.39 is 0 Å². The molecule has 1 aromatic heterocycles. The topological polar surface area (TPSA) is 49.3 Å². The van der Waals surface area contributed by atoms with Crippen molar-refractivity contribution in [2.24, 2.45) is 5.92 Å². The van der Waals surface area contributed by atoms with Crippen LogP contribution < -0.4 is 5.32 Å². The van der Waals surface area contributed by atoms with Crippen molar-refractivity contribution in [3.8, 4) is 0 Å². The second-order valence-electron chi connectivity index (χ2n) is 4.61. The van der Waals surface area contributed by atoms with E-state index in [0.717, 1.165) is 0 Å². The summed E-state index contributed by atoms with van der Waals surface area (Å²) in [6.07, 6.45) is 0. The quantitative estimate of drug-likeness (QED) is 0.810. The lowest BCUT2D eigenvalue weighted by Crippen LogP contribution is -2.33. The van der Waals surface area contributed by atoms with Gasteiger partial charge in [0.1, 0.15) is 0 Å². The average Bonchev–Trinajstić information content (AvgIpc) is 2.86. The number of nitrogens with one attached hydrogen (secondary N) is 1. The zero-order chi connectivity index (χ0) is 13.5. The Morgan fingerprint density at radius 1 is 1.50 bits per heavy atom. The highest BCUT2D eigenvalue weighted by molar-refractivity contribution is 8.00. The molecule has 1 rings (SSSR count). The average molecular weight is 287 g/mol. The molecule has 3 nitrogen and oxygen atoms in total. The van der Waals surface area contributed by atoms with Crippen LogP contribution in [0.5, 0.6) is 0 Å². The largest absolute Gasteiger partial charge is 0.395 e. The summed E-state index contributed by atoms with van der Waals surface area (Å²) in [6.45, 7) is 6.23. The predicted molar refractivity (Wildman–Crippen MR) is 79.0 cm³/mol. The maximum absolute atomic E-state index is 11.9. The second-order valence-corrected chi connectivity index (χ2v) is 7.01. The number of rotatable bonds is 7. The molecule has 0 aromatic carbocycles. The lowest BCUT2D eigenvalue weighted by atomic mass is 10.0. The molecule has 0 aliphatic rings. The molecule has 0 spiro atoms. The fourth-order valence-corrected chi connectivity index (χ4v) is 3.09. The zero-order valence-corrected chi connectivity index (χ0v) is 12.7. The van der Waals surface area contributed by atoms with E-state index in [1.165, 1.54) is 16.6 Å². The lowest BCUT2D eigenvalue weighted by molar-refractivity contribution is -0.119. The standard InChI is InChI=1S/C13H21NO2S2/c1-9(2)13(11-5-4-6-17-11)14-12(16)8-18-10(3)7-15/h4-6,9-10,13,15H,7-8H2,1-3H3,(H,14,16). The summed E-state index contributed by atoms with van der Waals surface area (Å²) in [5.41, 5.74) is 0. The van der Waals surface area contributed by atoms with Gasteiger partial charge in [-0.15, -0.1) is 23.1 Å². The predicted octanol–water partition coefficient (Wildman–Crippen LogP) is 2.68. The van der Waals surface area contributed by atoms with Crippen LogP contribution in [-0.4, -0.2) is 28.6 Å². The molecule has 1 heterocycles. The summed E-state index contributed by atoms with van der Waals surface area (Å²) >= 11 is 3.15. The second kappa shape index (κ2) is 7.81. The van der Waals surface area contributed by atoms with Gasteiger partial charge in [-0.05, 0) is 17.4 Å². The molecule has 0 fully saturated rings. The van der Waals surface area contributed by atoms with Crippen molar-refractivity contribution >= 4 is 29.0 Å². The van der Waals surface area contributed by atoms with Crippen molar-refractivity contribution in [1.29, 1.82) is 0 Å². The van der Waals surface area contributed by atoms with Gasteiger partial charge in [0.2, 0.25) is 5.91 Å². The third kappa shape index (κ3) is 5.00. The van der Waals surface area contributed by atoms with Crippen LogP contribution in [0.4, 0.5) is 0 Å². The Morgan fingerprint density at radius 2 is 2.22 bits per heavy atom. The molecule has 0 radical (unpaired) electrons. The minimum Gasteiger partial charge on any atom is -0.395 e. The zero-order valence-electron chi connectivity index (χ0n) is 11.1. The molecule has 2 atom stereocenters. The Labute approximate surface area is 117 Å². The molecule has 2 N–H and O–H groups in total. The van der Waals surface area contributed by atoms with E-state index in [-0.39, 0.29) is 23.8 Å². The summed E-state index contributed by atoms with van der Waals surface area (Å²) in [5.74, 6) is 0.802. The first-order valence-electron chi connectivity index (χ1n) is 6.09. The maximum atomic E-state index is 11.9. The van der Waals surface area contributed by atoms with Crippen molar-refractivity contribution < 1.29 is 9.90 Å². The third-order valence-electron chi connectivity index (χ3n) is 2.59. The van der Waals surface area contributed by atoms with Crippen molar-refractivity contribution in [1.82, 2.24) is 5.32 Å². The lowest BCUT2D eigenvalue weighted by Gasteiger charge is -2.21. The van der Waals surface area contributed by atoms with Gasteiger partial charge in [0.15, 0.2) is 0 Å². The number of thiophene rings is 1. The minimum absolute atomic E-state index is 0.0346. The van der Waals surface area contributed by atoms with E-state index in [9.17, 15) is 4.79 Å². The number of aliphatic hydroxyl groups excluding tert-OH is 1. The number of aliphatic hydroxyl groups is 1. The number of thioether (sulfide) groups is 1. The van der Waals surface area contributed by atoms with Crippen LogP contribution in [0.2, 0.25) is 0 Å². The van der Waals surface area contributed by atoms with Crippen molar-refractivity contribution in [3.05, 3.63) is 22.4 Å². The van der Waals surface area contributed by atoms with E-state index in [2.05, 4.69) is 25.2 Å². The van der Waals surface area contributed by atoms with Crippen LogP contribution in [0.15, 0.2) is 17.5 Å². The van der Waals surface area contributed by atoms with Crippen LogP contribution in [0.3, 0.4) is 0 Å². The Bertz CT molecular complexity index is 352. The minimum atomic E-state index is 0.0346. The Balaban J connectivity index is 2.49. The molecule has 2 unspecified atom stereocenters. The van der Waals surface area contributed by atoms with Gasteiger partial charge >= 0.3 is 0 Å². The Morgan fingerprint density at radius 3 is 2.72 bits per heavy atom. The number of hydrogen-bond acceptors (Lipinski definition) is 4. The van der Waals surface area contributed by atoms with Gasteiger partial charge in [0.25, 0.3) is 0 Å². The van der Waals surface area contributed by atoms with E-state index in [0.29, 0.717) is 11.7 Å². The van der Waals surface area contributed by atoms with Gasteiger partial charge in [-0.25, -0.2) is 0 Å². The normalized spacial score (nSPS) is 14.5. The van der Waals surface area contributed by atoms with Gasteiger partial charge in [0, 0.05) is 10.1 Å². The first kappa shape index (κ1) is 15.5. The molecule has 0 bridgehead atoms.